The second-order valence-corrected chi connectivity index (χ2v) is 2.05. The summed E-state index contributed by atoms with van der Waals surface area (Å²) in [4.78, 5) is 0. The van der Waals surface area contributed by atoms with E-state index in [9.17, 15) is 0 Å². The van der Waals surface area contributed by atoms with E-state index in [-0.39, 0.29) is 24.0 Å². The maximum Gasteiger partial charge on any atom is 0.171 e. The first-order chi connectivity index (χ1) is 3.79. The summed E-state index contributed by atoms with van der Waals surface area (Å²) in [5.41, 5.74) is 1.30. The lowest BCUT2D eigenvalue weighted by molar-refractivity contribution is -0.671. The number of pyridine rings is 1. The van der Waals surface area contributed by atoms with Gasteiger partial charge in [-0.1, -0.05) is 0 Å². The van der Waals surface area contributed by atoms with E-state index in [1.807, 2.05) is 23.9 Å². The summed E-state index contributed by atoms with van der Waals surface area (Å²) in [5.74, 6) is 0. The van der Waals surface area contributed by atoms with Gasteiger partial charge in [0.15, 0.2) is 12.4 Å². The maximum atomic E-state index is 2.08. The molecule has 50 valence electrons. The summed E-state index contributed by atoms with van der Waals surface area (Å²) in [7, 11) is 2.02. The molecule has 0 radical (unpaired) electrons. The van der Waals surface area contributed by atoms with Crippen LogP contribution in [0.25, 0.3) is 0 Å². The third kappa shape index (κ3) is 2.79. The monoisotopic (exact) mass is 236 g/mol. The summed E-state index contributed by atoms with van der Waals surface area (Å²) >= 11 is 0. The van der Waals surface area contributed by atoms with Gasteiger partial charge in [0.1, 0.15) is 7.05 Å². The van der Waals surface area contributed by atoms with Gasteiger partial charge in [-0.3, -0.25) is 0 Å². The van der Waals surface area contributed by atoms with E-state index in [1.54, 1.807) is 0 Å². The van der Waals surface area contributed by atoms with Crippen molar-refractivity contribution in [2.45, 2.75) is 6.92 Å². The number of aryl methyl sites for hydroxylation is 2. The summed E-state index contributed by atoms with van der Waals surface area (Å²) in [5, 5.41) is 0. The summed E-state index contributed by atoms with van der Waals surface area (Å²) in [6, 6.07) is 4.12. The summed E-state index contributed by atoms with van der Waals surface area (Å²) < 4.78 is 2.04. The highest BCUT2D eigenvalue weighted by molar-refractivity contribution is 14.0. The van der Waals surface area contributed by atoms with Crippen LogP contribution in [0.15, 0.2) is 24.5 Å². The summed E-state index contributed by atoms with van der Waals surface area (Å²) in [6.45, 7) is 2.08. The Morgan fingerprint density at radius 1 is 1.44 bits per heavy atom. The molecular formula is C7H11IN+. The fourth-order valence-electron chi connectivity index (χ4n) is 0.738. The minimum Gasteiger partial charge on any atom is -0.208 e. The molecule has 2 heteroatoms. The Hall–Kier alpha value is -0.120. The molecule has 0 atom stereocenters. The predicted molar refractivity (Wildman–Crippen MR) is 47.8 cm³/mol. The molecule has 0 bridgehead atoms. The lowest BCUT2D eigenvalue weighted by Gasteiger charge is -1.85. The Bertz CT molecular complexity index is 169. The maximum absolute atomic E-state index is 2.08. The van der Waals surface area contributed by atoms with Crippen molar-refractivity contribution in [2.75, 3.05) is 0 Å². The molecule has 9 heavy (non-hydrogen) atoms. The zero-order valence-corrected chi connectivity index (χ0v) is 8.00. The highest BCUT2D eigenvalue weighted by atomic mass is 127. The third-order valence-corrected chi connectivity index (χ3v) is 1.09. The molecule has 1 nitrogen and oxygen atoms in total. The first-order valence-electron chi connectivity index (χ1n) is 2.71. The van der Waals surface area contributed by atoms with Gasteiger partial charge in [-0.2, -0.15) is 0 Å². The minimum atomic E-state index is 0. The average Bonchev–Trinajstić information content (AvgIpc) is 1.64. The van der Waals surface area contributed by atoms with Gasteiger partial charge < -0.3 is 0 Å². The molecule has 0 saturated heterocycles. The van der Waals surface area contributed by atoms with Crippen LogP contribution in [0.2, 0.25) is 0 Å². The molecular weight excluding hydrogens is 225 g/mol. The normalized spacial score (nSPS) is 8.22. The first-order valence-corrected chi connectivity index (χ1v) is 2.71. The lowest BCUT2D eigenvalue weighted by Crippen LogP contribution is -2.26. The molecule has 1 aromatic heterocycles. The van der Waals surface area contributed by atoms with Crippen LogP contribution in [0.5, 0.6) is 0 Å². The van der Waals surface area contributed by atoms with E-state index < -0.39 is 0 Å². The first kappa shape index (κ1) is 8.88. The van der Waals surface area contributed by atoms with Crippen LogP contribution in [0.4, 0.5) is 0 Å². The third-order valence-electron chi connectivity index (χ3n) is 1.09. The minimum absolute atomic E-state index is 0. The van der Waals surface area contributed by atoms with E-state index in [1.165, 1.54) is 5.56 Å². The molecule has 0 aliphatic rings. The van der Waals surface area contributed by atoms with E-state index in [0.29, 0.717) is 0 Å². The number of halogens is 1. The number of hydrogen-bond acceptors (Lipinski definition) is 0. The molecule has 0 fully saturated rings. The fourth-order valence-corrected chi connectivity index (χ4v) is 0.738. The molecule has 1 rings (SSSR count). The largest absolute Gasteiger partial charge is 0.208 e. The van der Waals surface area contributed by atoms with Gasteiger partial charge in [0.05, 0.1) is 0 Å². The van der Waals surface area contributed by atoms with Crippen molar-refractivity contribution in [3.63, 3.8) is 0 Å². The van der Waals surface area contributed by atoms with E-state index >= 15 is 0 Å². The Morgan fingerprint density at radius 3 is 2.44 bits per heavy atom. The SMILES string of the molecule is Cc1ccc[n+](C)c1.I. The zero-order valence-electron chi connectivity index (χ0n) is 5.66. The van der Waals surface area contributed by atoms with Crippen LogP contribution in [0.3, 0.4) is 0 Å². The van der Waals surface area contributed by atoms with Crippen molar-refractivity contribution in [1.29, 1.82) is 0 Å². The topological polar surface area (TPSA) is 3.88 Å². The van der Waals surface area contributed by atoms with Crippen molar-refractivity contribution in [3.8, 4) is 0 Å². The van der Waals surface area contributed by atoms with Gasteiger partial charge in [0.25, 0.3) is 0 Å². The Balaban J connectivity index is 0.000000640. The van der Waals surface area contributed by atoms with E-state index in [0.717, 1.165) is 0 Å². The second-order valence-electron chi connectivity index (χ2n) is 2.05. The van der Waals surface area contributed by atoms with Crippen molar-refractivity contribution in [2.24, 2.45) is 7.05 Å². The van der Waals surface area contributed by atoms with Gasteiger partial charge >= 0.3 is 0 Å². The number of nitrogens with zero attached hydrogens (tertiary/aromatic N) is 1. The van der Waals surface area contributed by atoms with Gasteiger partial charge in [-0.05, 0) is 13.0 Å². The van der Waals surface area contributed by atoms with Crippen LogP contribution in [0, 0.1) is 6.92 Å². The summed E-state index contributed by atoms with van der Waals surface area (Å²) in [6.07, 6.45) is 4.10. The van der Waals surface area contributed by atoms with Crippen molar-refractivity contribution < 1.29 is 4.57 Å². The van der Waals surface area contributed by atoms with E-state index in [4.69, 9.17) is 0 Å². The molecule has 0 saturated carbocycles. The van der Waals surface area contributed by atoms with Crippen molar-refractivity contribution in [1.82, 2.24) is 0 Å². The molecule has 0 amide bonds. The standard InChI is InChI=1S/C7H10N.HI/c1-7-4-3-5-8(2)6-7;/h3-6H,1-2H3;1H/q+1;. The Kier molecular flexibility index (Phi) is 3.77. The smallest absolute Gasteiger partial charge is 0.171 e. The molecule has 1 heterocycles. The van der Waals surface area contributed by atoms with Gasteiger partial charge in [0, 0.05) is 11.6 Å². The molecule has 0 spiro atoms. The number of hydrogen-bond donors (Lipinski definition) is 0. The van der Waals surface area contributed by atoms with Gasteiger partial charge in [-0.15, -0.1) is 24.0 Å². The molecule has 0 aromatic carbocycles. The van der Waals surface area contributed by atoms with E-state index in [2.05, 4.69) is 19.2 Å². The quantitative estimate of drug-likeness (QED) is 0.474. The van der Waals surface area contributed by atoms with Crippen molar-refractivity contribution in [3.05, 3.63) is 30.1 Å². The average molecular weight is 236 g/mol. The molecule has 0 aliphatic carbocycles. The van der Waals surface area contributed by atoms with Crippen LogP contribution in [0.1, 0.15) is 5.56 Å². The van der Waals surface area contributed by atoms with Crippen LogP contribution in [-0.4, -0.2) is 0 Å². The van der Waals surface area contributed by atoms with Crippen LogP contribution >= 0.6 is 24.0 Å². The second kappa shape index (κ2) is 3.82. The number of rotatable bonds is 0. The van der Waals surface area contributed by atoms with Crippen molar-refractivity contribution >= 4 is 24.0 Å². The molecule has 1 aromatic rings. The number of aromatic nitrogens is 1. The fraction of sp³-hybridized carbons (Fsp3) is 0.286. The van der Waals surface area contributed by atoms with Crippen LogP contribution < -0.4 is 4.57 Å². The molecule has 0 N–H and O–H groups in total. The lowest BCUT2D eigenvalue weighted by atomic mass is 10.3. The van der Waals surface area contributed by atoms with Crippen LogP contribution in [-0.2, 0) is 7.05 Å². The zero-order chi connectivity index (χ0) is 5.98. The van der Waals surface area contributed by atoms with Gasteiger partial charge in [0.2, 0.25) is 0 Å². The highest BCUT2D eigenvalue weighted by Crippen LogP contribution is 1.86. The predicted octanol–water partition coefficient (Wildman–Crippen LogP) is 1.44. The Morgan fingerprint density at radius 2 is 2.11 bits per heavy atom. The molecule has 0 unspecified atom stereocenters. The molecule has 0 aliphatic heterocycles. The Labute approximate surface area is 72.7 Å². The highest BCUT2D eigenvalue weighted by Gasteiger charge is 1.87. The van der Waals surface area contributed by atoms with Gasteiger partial charge in [-0.25, -0.2) is 4.57 Å².